The van der Waals surface area contributed by atoms with Gasteiger partial charge in [0.1, 0.15) is 0 Å². The van der Waals surface area contributed by atoms with Crippen LogP contribution in [0, 0.1) is 17.7 Å². The van der Waals surface area contributed by atoms with Gasteiger partial charge in [0.15, 0.2) is 11.6 Å². The van der Waals surface area contributed by atoms with Crippen LogP contribution in [-0.2, 0) is 0 Å². The molecule has 0 N–H and O–H groups in total. The van der Waals surface area contributed by atoms with Crippen molar-refractivity contribution >= 4 is 0 Å². The average molecular weight is 178 g/mol. The van der Waals surface area contributed by atoms with Crippen LogP contribution in [0.1, 0.15) is 13.3 Å². The van der Waals surface area contributed by atoms with Gasteiger partial charge in [-0.25, -0.2) is 4.39 Å². The van der Waals surface area contributed by atoms with E-state index in [0.29, 0.717) is 18.8 Å². The molecule has 0 heterocycles. The summed E-state index contributed by atoms with van der Waals surface area (Å²) in [5.41, 5.74) is 0. The molecule has 0 fully saturated rings. The Bertz CT molecular complexity index is 322. The van der Waals surface area contributed by atoms with E-state index in [4.69, 9.17) is 4.74 Å². The summed E-state index contributed by atoms with van der Waals surface area (Å²) >= 11 is 0. The Morgan fingerprint density at radius 1 is 1.38 bits per heavy atom. The molecule has 1 aromatic carbocycles. The highest BCUT2D eigenvalue weighted by molar-refractivity contribution is 5.23. The Kier molecular flexibility index (Phi) is 3.84. The smallest absolute Gasteiger partial charge is 0.165 e. The molecule has 1 aromatic rings. The maximum atomic E-state index is 12.9. The Balaban J connectivity index is 2.44. The van der Waals surface area contributed by atoms with E-state index in [2.05, 4.69) is 11.8 Å². The summed E-state index contributed by atoms with van der Waals surface area (Å²) in [6.45, 7) is 2.20. The lowest BCUT2D eigenvalue weighted by Crippen LogP contribution is -1.97. The third-order valence-corrected chi connectivity index (χ3v) is 1.50. The van der Waals surface area contributed by atoms with Crippen LogP contribution in [0.3, 0.4) is 0 Å². The first-order valence-corrected chi connectivity index (χ1v) is 4.11. The fraction of sp³-hybridized carbons (Fsp3) is 0.273. The van der Waals surface area contributed by atoms with Gasteiger partial charge in [0, 0.05) is 6.42 Å². The third-order valence-electron chi connectivity index (χ3n) is 1.50. The van der Waals surface area contributed by atoms with E-state index in [1.165, 1.54) is 6.07 Å². The van der Waals surface area contributed by atoms with Gasteiger partial charge in [-0.05, 0) is 19.1 Å². The van der Waals surface area contributed by atoms with E-state index in [9.17, 15) is 4.39 Å². The number of rotatable bonds is 3. The highest BCUT2D eigenvalue weighted by Gasteiger charge is 1.98. The predicted octanol–water partition coefficient (Wildman–Crippen LogP) is 2.62. The highest BCUT2D eigenvalue weighted by atomic mass is 19.1. The number of halogens is 1. The van der Waals surface area contributed by atoms with Crippen LogP contribution >= 0.6 is 0 Å². The first-order valence-electron chi connectivity index (χ1n) is 4.11. The number of benzene rings is 1. The third kappa shape index (κ3) is 3.16. The standard InChI is InChI=1S/C11H11FO/c1-2-3-6-9-13-11-8-5-4-7-10(11)12/h4-5,7-8H,6,9H2,1H3. The van der Waals surface area contributed by atoms with Gasteiger partial charge in [0.05, 0.1) is 6.61 Å². The van der Waals surface area contributed by atoms with Crippen molar-refractivity contribution in [3.05, 3.63) is 30.1 Å². The zero-order valence-electron chi connectivity index (χ0n) is 7.51. The Morgan fingerprint density at radius 3 is 2.85 bits per heavy atom. The van der Waals surface area contributed by atoms with Gasteiger partial charge in [0.25, 0.3) is 0 Å². The minimum Gasteiger partial charge on any atom is -0.490 e. The first kappa shape index (κ1) is 9.60. The summed E-state index contributed by atoms with van der Waals surface area (Å²) in [6.07, 6.45) is 0.630. The quantitative estimate of drug-likeness (QED) is 0.510. The highest BCUT2D eigenvalue weighted by Crippen LogP contribution is 2.15. The van der Waals surface area contributed by atoms with E-state index in [0.717, 1.165) is 0 Å². The second kappa shape index (κ2) is 5.21. The minimum absolute atomic E-state index is 0.292. The Labute approximate surface area is 77.5 Å². The maximum absolute atomic E-state index is 12.9. The van der Waals surface area contributed by atoms with E-state index >= 15 is 0 Å². The number of ether oxygens (including phenoxy) is 1. The molecule has 1 nitrogen and oxygen atoms in total. The zero-order valence-corrected chi connectivity index (χ0v) is 7.51. The monoisotopic (exact) mass is 178 g/mol. The lowest BCUT2D eigenvalue weighted by Gasteiger charge is -2.03. The average Bonchev–Trinajstić information content (AvgIpc) is 2.15. The molecule has 2 heteroatoms. The van der Waals surface area contributed by atoms with Gasteiger partial charge < -0.3 is 4.74 Å². The fourth-order valence-corrected chi connectivity index (χ4v) is 0.899. The van der Waals surface area contributed by atoms with Crippen LogP contribution < -0.4 is 4.74 Å². The number of hydrogen-bond donors (Lipinski definition) is 0. The summed E-state index contributed by atoms with van der Waals surface area (Å²) in [4.78, 5) is 0. The van der Waals surface area contributed by atoms with Crippen molar-refractivity contribution in [3.8, 4) is 17.6 Å². The van der Waals surface area contributed by atoms with Gasteiger partial charge in [-0.2, -0.15) is 0 Å². The molecule has 0 saturated heterocycles. The van der Waals surface area contributed by atoms with E-state index < -0.39 is 0 Å². The summed E-state index contributed by atoms with van der Waals surface area (Å²) in [7, 11) is 0. The van der Waals surface area contributed by atoms with Crippen molar-refractivity contribution in [2.45, 2.75) is 13.3 Å². The lowest BCUT2D eigenvalue weighted by atomic mass is 10.3. The summed E-state index contributed by atoms with van der Waals surface area (Å²) in [5, 5.41) is 0. The number of hydrogen-bond acceptors (Lipinski definition) is 1. The van der Waals surface area contributed by atoms with Crippen LogP contribution in [0.5, 0.6) is 5.75 Å². The fourth-order valence-electron chi connectivity index (χ4n) is 0.899. The molecule has 13 heavy (non-hydrogen) atoms. The lowest BCUT2D eigenvalue weighted by molar-refractivity contribution is 0.310. The molecule has 68 valence electrons. The van der Waals surface area contributed by atoms with Crippen LogP contribution in [0.25, 0.3) is 0 Å². The molecule has 0 amide bonds. The molecule has 0 aliphatic rings. The topological polar surface area (TPSA) is 9.23 Å². The second-order valence-corrected chi connectivity index (χ2v) is 2.46. The zero-order chi connectivity index (χ0) is 9.52. The van der Waals surface area contributed by atoms with Gasteiger partial charge in [-0.1, -0.05) is 12.1 Å². The molecule has 0 spiro atoms. The SMILES string of the molecule is CC#CCCOc1ccccc1F. The summed E-state index contributed by atoms with van der Waals surface area (Å²) in [6, 6.07) is 6.35. The Hall–Kier alpha value is -1.49. The van der Waals surface area contributed by atoms with Crippen molar-refractivity contribution in [3.63, 3.8) is 0 Å². The van der Waals surface area contributed by atoms with Crippen LogP contribution in [-0.4, -0.2) is 6.61 Å². The summed E-state index contributed by atoms with van der Waals surface area (Å²) in [5.74, 6) is 5.55. The molecule has 0 aromatic heterocycles. The number of para-hydroxylation sites is 1. The van der Waals surface area contributed by atoms with Gasteiger partial charge in [-0.15, -0.1) is 11.8 Å². The molecular weight excluding hydrogens is 167 g/mol. The molecule has 0 saturated carbocycles. The minimum atomic E-state index is -0.327. The second-order valence-electron chi connectivity index (χ2n) is 2.46. The van der Waals surface area contributed by atoms with E-state index in [1.807, 2.05) is 0 Å². The molecule has 0 atom stereocenters. The van der Waals surface area contributed by atoms with E-state index in [1.54, 1.807) is 25.1 Å². The van der Waals surface area contributed by atoms with Gasteiger partial charge >= 0.3 is 0 Å². The van der Waals surface area contributed by atoms with Crippen molar-refractivity contribution < 1.29 is 9.13 Å². The Morgan fingerprint density at radius 2 is 2.15 bits per heavy atom. The predicted molar refractivity (Wildman–Crippen MR) is 50.0 cm³/mol. The molecular formula is C11H11FO. The van der Waals surface area contributed by atoms with Crippen LogP contribution in [0.2, 0.25) is 0 Å². The van der Waals surface area contributed by atoms with Crippen molar-refractivity contribution in [1.29, 1.82) is 0 Å². The molecule has 1 rings (SSSR count). The van der Waals surface area contributed by atoms with Crippen LogP contribution in [0.4, 0.5) is 4.39 Å². The van der Waals surface area contributed by atoms with Crippen molar-refractivity contribution in [2.75, 3.05) is 6.61 Å². The van der Waals surface area contributed by atoms with Crippen LogP contribution in [0.15, 0.2) is 24.3 Å². The molecule has 0 bridgehead atoms. The summed E-state index contributed by atoms with van der Waals surface area (Å²) < 4.78 is 18.1. The van der Waals surface area contributed by atoms with E-state index in [-0.39, 0.29) is 5.82 Å². The van der Waals surface area contributed by atoms with Gasteiger partial charge in [0.2, 0.25) is 0 Å². The largest absolute Gasteiger partial charge is 0.490 e. The normalized spacial score (nSPS) is 8.77. The van der Waals surface area contributed by atoms with Gasteiger partial charge in [-0.3, -0.25) is 0 Å². The molecule has 0 aliphatic heterocycles. The maximum Gasteiger partial charge on any atom is 0.165 e. The van der Waals surface area contributed by atoms with Crippen molar-refractivity contribution in [2.24, 2.45) is 0 Å². The first-order chi connectivity index (χ1) is 6.34. The van der Waals surface area contributed by atoms with Crippen molar-refractivity contribution in [1.82, 2.24) is 0 Å². The molecule has 0 aliphatic carbocycles. The molecule has 0 radical (unpaired) electrons. The molecule has 0 unspecified atom stereocenters.